The molecule has 0 bridgehead atoms. The largest absolute Gasteiger partial charge is 0.306 e. The van der Waals surface area contributed by atoms with E-state index in [4.69, 9.17) is 0 Å². The lowest BCUT2D eigenvalue weighted by molar-refractivity contribution is -0.109. The lowest BCUT2D eigenvalue weighted by atomic mass is 10.0. The van der Waals surface area contributed by atoms with Gasteiger partial charge in [-0.2, -0.15) is 0 Å². The fourth-order valence-corrected chi connectivity index (χ4v) is 1.72. The molecular formula is C9H18N2O. The fourth-order valence-electron chi connectivity index (χ4n) is 1.72. The van der Waals surface area contributed by atoms with Gasteiger partial charge in [0.1, 0.15) is 6.29 Å². The molecule has 0 aromatic carbocycles. The number of aldehydes is 1. The first-order valence-corrected chi connectivity index (χ1v) is 4.56. The molecule has 3 heteroatoms. The molecule has 0 aromatic rings. The van der Waals surface area contributed by atoms with Crippen molar-refractivity contribution in [1.29, 1.82) is 0 Å². The molecule has 70 valence electrons. The molecule has 1 aliphatic heterocycles. The van der Waals surface area contributed by atoms with Gasteiger partial charge in [-0.1, -0.05) is 0 Å². The van der Waals surface area contributed by atoms with Crippen LogP contribution in [0.2, 0.25) is 0 Å². The standard InChI is InChI=1S/C9H18N2O/c1-10(2)9-3-5-11(6-4-9)7-8-12/h8-9H,3-7H2,1-2H3. The summed E-state index contributed by atoms with van der Waals surface area (Å²) in [5, 5.41) is 0. The second kappa shape index (κ2) is 4.58. The summed E-state index contributed by atoms with van der Waals surface area (Å²) in [6.45, 7) is 2.75. The summed E-state index contributed by atoms with van der Waals surface area (Å²) in [7, 11) is 4.25. The van der Waals surface area contributed by atoms with Crippen LogP contribution >= 0.6 is 0 Å². The summed E-state index contributed by atoms with van der Waals surface area (Å²) in [6, 6.07) is 0.716. The van der Waals surface area contributed by atoms with Crippen LogP contribution in [0.15, 0.2) is 0 Å². The average molecular weight is 170 g/mol. The van der Waals surface area contributed by atoms with Gasteiger partial charge in [0.05, 0.1) is 6.54 Å². The normalized spacial score (nSPS) is 21.6. The Morgan fingerprint density at radius 1 is 1.42 bits per heavy atom. The lowest BCUT2D eigenvalue weighted by Gasteiger charge is -2.34. The van der Waals surface area contributed by atoms with Gasteiger partial charge in [0.15, 0.2) is 0 Å². The Labute approximate surface area is 74.3 Å². The fraction of sp³-hybridized carbons (Fsp3) is 0.889. The molecular weight excluding hydrogens is 152 g/mol. The van der Waals surface area contributed by atoms with Crippen LogP contribution in [0.4, 0.5) is 0 Å². The van der Waals surface area contributed by atoms with Crippen LogP contribution in [0.5, 0.6) is 0 Å². The summed E-state index contributed by atoms with van der Waals surface area (Å²) in [4.78, 5) is 14.7. The SMILES string of the molecule is CN(C)C1CCN(CC=O)CC1. The molecule has 0 radical (unpaired) electrons. The lowest BCUT2D eigenvalue weighted by Crippen LogP contribution is -2.42. The van der Waals surface area contributed by atoms with Gasteiger partial charge in [-0.3, -0.25) is 4.90 Å². The Morgan fingerprint density at radius 2 is 2.00 bits per heavy atom. The number of carbonyl (C=O) groups is 1. The maximum absolute atomic E-state index is 10.2. The van der Waals surface area contributed by atoms with Crippen LogP contribution in [0.1, 0.15) is 12.8 Å². The van der Waals surface area contributed by atoms with Crippen molar-refractivity contribution < 1.29 is 4.79 Å². The zero-order valence-electron chi connectivity index (χ0n) is 7.99. The highest BCUT2D eigenvalue weighted by Gasteiger charge is 2.19. The minimum Gasteiger partial charge on any atom is -0.306 e. The van der Waals surface area contributed by atoms with E-state index in [1.165, 1.54) is 12.8 Å². The predicted molar refractivity (Wildman–Crippen MR) is 49.2 cm³/mol. The van der Waals surface area contributed by atoms with Gasteiger partial charge >= 0.3 is 0 Å². The summed E-state index contributed by atoms with van der Waals surface area (Å²) in [5.41, 5.74) is 0. The maximum atomic E-state index is 10.2. The molecule has 3 nitrogen and oxygen atoms in total. The van der Waals surface area contributed by atoms with Gasteiger partial charge in [0.25, 0.3) is 0 Å². The van der Waals surface area contributed by atoms with E-state index in [-0.39, 0.29) is 0 Å². The third-order valence-electron chi connectivity index (χ3n) is 2.62. The Hall–Kier alpha value is -0.410. The number of hydrogen-bond donors (Lipinski definition) is 0. The maximum Gasteiger partial charge on any atom is 0.133 e. The summed E-state index contributed by atoms with van der Waals surface area (Å²) >= 11 is 0. The van der Waals surface area contributed by atoms with Crippen LogP contribution in [-0.4, -0.2) is 55.9 Å². The zero-order valence-corrected chi connectivity index (χ0v) is 7.99. The molecule has 0 aliphatic carbocycles. The van der Waals surface area contributed by atoms with Gasteiger partial charge < -0.3 is 9.69 Å². The van der Waals surface area contributed by atoms with E-state index < -0.39 is 0 Å². The predicted octanol–water partition coefficient (Wildman–Crippen LogP) is 0.211. The molecule has 0 N–H and O–H groups in total. The van der Waals surface area contributed by atoms with Crippen LogP contribution < -0.4 is 0 Å². The van der Waals surface area contributed by atoms with E-state index >= 15 is 0 Å². The van der Waals surface area contributed by atoms with Gasteiger partial charge in [0.2, 0.25) is 0 Å². The van der Waals surface area contributed by atoms with Gasteiger partial charge in [-0.15, -0.1) is 0 Å². The quantitative estimate of drug-likeness (QED) is 0.566. The summed E-state index contributed by atoms with van der Waals surface area (Å²) in [6.07, 6.45) is 3.39. The number of hydrogen-bond acceptors (Lipinski definition) is 3. The summed E-state index contributed by atoms with van der Waals surface area (Å²) < 4.78 is 0. The third kappa shape index (κ3) is 2.57. The molecule has 0 amide bonds. The van der Waals surface area contributed by atoms with E-state index in [9.17, 15) is 4.79 Å². The van der Waals surface area contributed by atoms with Crippen LogP contribution in [0.3, 0.4) is 0 Å². The average Bonchev–Trinajstić information content (AvgIpc) is 2.06. The molecule has 12 heavy (non-hydrogen) atoms. The second-order valence-corrected chi connectivity index (χ2v) is 3.66. The van der Waals surface area contributed by atoms with E-state index in [1.807, 2.05) is 0 Å². The zero-order chi connectivity index (χ0) is 8.97. The first-order valence-electron chi connectivity index (χ1n) is 4.56. The van der Waals surface area contributed by atoms with E-state index in [2.05, 4.69) is 23.9 Å². The Kier molecular flexibility index (Phi) is 3.69. The molecule has 1 saturated heterocycles. The monoisotopic (exact) mass is 170 g/mol. The highest BCUT2D eigenvalue weighted by Crippen LogP contribution is 2.12. The molecule has 0 atom stereocenters. The Bertz CT molecular complexity index is 139. The molecule has 1 heterocycles. The molecule has 0 saturated carbocycles. The van der Waals surface area contributed by atoms with Crippen molar-refractivity contribution in [2.75, 3.05) is 33.7 Å². The van der Waals surface area contributed by atoms with E-state index in [1.54, 1.807) is 0 Å². The molecule has 0 spiro atoms. The highest BCUT2D eigenvalue weighted by molar-refractivity contribution is 5.51. The first-order chi connectivity index (χ1) is 5.74. The van der Waals surface area contributed by atoms with Gasteiger partial charge in [0, 0.05) is 19.1 Å². The molecule has 1 rings (SSSR count). The van der Waals surface area contributed by atoms with E-state index in [0.717, 1.165) is 19.4 Å². The van der Waals surface area contributed by atoms with Crippen molar-refractivity contribution in [1.82, 2.24) is 9.80 Å². The molecule has 0 aromatic heterocycles. The van der Waals surface area contributed by atoms with Crippen molar-refractivity contribution in [2.45, 2.75) is 18.9 Å². The van der Waals surface area contributed by atoms with Crippen molar-refractivity contribution in [3.8, 4) is 0 Å². The Balaban J connectivity index is 2.24. The van der Waals surface area contributed by atoms with Gasteiger partial charge in [-0.05, 0) is 26.9 Å². The summed E-state index contributed by atoms with van der Waals surface area (Å²) in [5.74, 6) is 0. The number of nitrogens with zero attached hydrogens (tertiary/aromatic N) is 2. The number of rotatable bonds is 3. The van der Waals surface area contributed by atoms with Crippen LogP contribution in [0.25, 0.3) is 0 Å². The minimum absolute atomic E-state index is 0.611. The first kappa shape index (κ1) is 9.68. The Morgan fingerprint density at radius 3 is 2.42 bits per heavy atom. The second-order valence-electron chi connectivity index (χ2n) is 3.66. The van der Waals surface area contributed by atoms with Crippen LogP contribution in [0, 0.1) is 0 Å². The molecule has 0 unspecified atom stereocenters. The van der Waals surface area contributed by atoms with Crippen molar-refractivity contribution in [3.05, 3.63) is 0 Å². The minimum atomic E-state index is 0.611. The molecule has 1 fully saturated rings. The van der Waals surface area contributed by atoms with Crippen molar-refractivity contribution >= 4 is 6.29 Å². The smallest absolute Gasteiger partial charge is 0.133 e. The van der Waals surface area contributed by atoms with Crippen molar-refractivity contribution in [3.63, 3.8) is 0 Å². The molecule has 1 aliphatic rings. The number of likely N-dealkylation sites (tertiary alicyclic amines) is 1. The number of carbonyl (C=O) groups excluding carboxylic acids is 1. The van der Waals surface area contributed by atoms with Gasteiger partial charge in [-0.25, -0.2) is 0 Å². The number of piperidine rings is 1. The highest BCUT2D eigenvalue weighted by atomic mass is 16.1. The topological polar surface area (TPSA) is 23.6 Å². The van der Waals surface area contributed by atoms with Crippen LogP contribution in [-0.2, 0) is 4.79 Å². The van der Waals surface area contributed by atoms with Crippen molar-refractivity contribution in [2.24, 2.45) is 0 Å². The van der Waals surface area contributed by atoms with E-state index in [0.29, 0.717) is 12.6 Å². The third-order valence-corrected chi connectivity index (χ3v) is 2.62.